The topological polar surface area (TPSA) is 58.2 Å². The molecule has 0 aromatic heterocycles. The van der Waals surface area contributed by atoms with Crippen molar-refractivity contribution in [2.75, 3.05) is 13.1 Å². The summed E-state index contributed by atoms with van der Waals surface area (Å²) in [5, 5.41) is 3.67. The van der Waals surface area contributed by atoms with E-state index >= 15 is 0 Å². The lowest BCUT2D eigenvalue weighted by molar-refractivity contribution is 0.428. The van der Waals surface area contributed by atoms with Crippen LogP contribution in [0.1, 0.15) is 12.8 Å². The van der Waals surface area contributed by atoms with Gasteiger partial charge in [-0.15, -0.1) is 0 Å². The highest BCUT2D eigenvalue weighted by molar-refractivity contribution is 7.89. The van der Waals surface area contributed by atoms with E-state index in [2.05, 4.69) is 10.0 Å². The average molecular weight is 309 g/mol. The van der Waals surface area contributed by atoms with Gasteiger partial charge in [0.15, 0.2) is 0 Å². The highest BCUT2D eigenvalue weighted by atomic mass is 35.5. The summed E-state index contributed by atoms with van der Waals surface area (Å²) in [5.74, 6) is 0. The third-order valence-electron chi connectivity index (χ3n) is 2.80. The normalized spacial score (nSPS) is 20.9. The molecule has 1 heterocycles. The molecular weight excluding hydrogens is 295 g/mol. The summed E-state index contributed by atoms with van der Waals surface area (Å²) in [6.07, 6.45) is 1.78. The SMILES string of the molecule is O=S(=O)(NC1CCCNC1)c1cc(Cl)ccc1Cl. The molecule has 0 bridgehead atoms. The van der Waals surface area contributed by atoms with Crippen molar-refractivity contribution >= 4 is 33.2 Å². The number of halogens is 2. The summed E-state index contributed by atoms with van der Waals surface area (Å²) in [6, 6.07) is 4.31. The first-order chi connectivity index (χ1) is 8.49. The zero-order valence-corrected chi connectivity index (χ0v) is 11.9. The molecule has 0 saturated carbocycles. The van der Waals surface area contributed by atoms with E-state index in [1.54, 1.807) is 6.07 Å². The third-order valence-corrected chi connectivity index (χ3v) is 5.04. The van der Waals surface area contributed by atoms with Crippen LogP contribution in [0, 0.1) is 0 Å². The van der Waals surface area contributed by atoms with Crippen molar-refractivity contribution in [1.29, 1.82) is 0 Å². The minimum Gasteiger partial charge on any atom is -0.315 e. The Labute approximate surface area is 117 Å². The summed E-state index contributed by atoms with van der Waals surface area (Å²) >= 11 is 11.7. The minimum absolute atomic E-state index is 0.0299. The quantitative estimate of drug-likeness (QED) is 0.898. The molecule has 1 aromatic carbocycles. The highest BCUT2D eigenvalue weighted by Gasteiger charge is 2.23. The fourth-order valence-corrected chi connectivity index (χ4v) is 3.95. The molecule has 100 valence electrons. The number of sulfonamides is 1. The Morgan fingerprint density at radius 1 is 1.33 bits per heavy atom. The molecule has 1 aromatic rings. The summed E-state index contributed by atoms with van der Waals surface area (Å²) < 4.78 is 27.0. The molecule has 1 unspecified atom stereocenters. The number of piperidine rings is 1. The molecule has 0 amide bonds. The smallest absolute Gasteiger partial charge is 0.242 e. The lowest BCUT2D eigenvalue weighted by Crippen LogP contribution is -2.45. The minimum atomic E-state index is -3.62. The number of hydrogen-bond donors (Lipinski definition) is 2. The zero-order chi connectivity index (χ0) is 13.2. The fraction of sp³-hybridized carbons (Fsp3) is 0.455. The number of hydrogen-bond acceptors (Lipinski definition) is 3. The molecule has 1 aliphatic rings. The first kappa shape index (κ1) is 14.1. The second-order valence-electron chi connectivity index (χ2n) is 4.24. The Balaban J connectivity index is 2.21. The first-order valence-corrected chi connectivity index (χ1v) is 7.91. The molecule has 0 aliphatic carbocycles. The monoisotopic (exact) mass is 308 g/mol. The van der Waals surface area contributed by atoms with Gasteiger partial charge in [0.25, 0.3) is 0 Å². The van der Waals surface area contributed by atoms with Crippen molar-refractivity contribution in [3.05, 3.63) is 28.2 Å². The van der Waals surface area contributed by atoms with Crippen molar-refractivity contribution in [1.82, 2.24) is 10.0 Å². The Morgan fingerprint density at radius 3 is 2.78 bits per heavy atom. The molecule has 2 N–H and O–H groups in total. The molecular formula is C11H14Cl2N2O2S. The molecule has 0 radical (unpaired) electrons. The molecule has 2 rings (SSSR count). The molecule has 1 atom stereocenters. The molecule has 0 spiro atoms. The molecule has 18 heavy (non-hydrogen) atoms. The van der Waals surface area contributed by atoms with E-state index in [-0.39, 0.29) is 16.0 Å². The zero-order valence-electron chi connectivity index (χ0n) is 9.62. The van der Waals surface area contributed by atoms with Gasteiger partial charge in [-0.1, -0.05) is 23.2 Å². The van der Waals surface area contributed by atoms with Gasteiger partial charge in [-0.05, 0) is 37.6 Å². The lowest BCUT2D eigenvalue weighted by atomic mass is 10.1. The predicted molar refractivity (Wildman–Crippen MR) is 72.7 cm³/mol. The lowest BCUT2D eigenvalue weighted by Gasteiger charge is -2.23. The summed E-state index contributed by atoms with van der Waals surface area (Å²) in [6.45, 7) is 1.56. The Kier molecular flexibility index (Phi) is 4.50. The van der Waals surface area contributed by atoms with E-state index in [1.807, 2.05) is 0 Å². The van der Waals surface area contributed by atoms with Crippen molar-refractivity contribution in [3.63, 3.8) is 0 Å². The van der Waals surface area contributed by atoms with Gasteiger partial charge in [-0.3, -0.25) is 0 Å². The van der Waals surface area contributed by atoms with Crippen molar-refractivity contribution in [2.45, 2.75) is 23.8 Å². The molecule has 7 heteroatoms. The predicted octanol–water partition coefficient (Wildman–Crippen LogP) is 2.02. The second-order valence-corrected chi connectivity index (χ2v) is 6.77. The number of rotatable bonds is 3. The summed E-state index contributed by atoms with van der Waals surface area (Å²) in [4.78, 5) is 0.0299. The van der Waals surface area contributed by atoms with Gasteiger partial charge < -0.3 is 5.32 Å². The van der Waals surface area contributed by atoms with Gasteiger partial charge in [0.05, 0.1) is 5.02 Å². The summed E-state index contributed by atoms with van der Waals surface area (Å²) in [5.41, 5.74) is 0. The molecule has 1 aliphatic heterocycles. The van der Waals surface area contributed by atoms with E-state index in [0.29, 0.717) is 11.6 Å². The van der Waals surface area contributed by atoms with E-state index in [0.717, 1.165) is 19.4 Å². The van der Waals surface area contributed by atoms with Gasteiger partial charge in [0.2, 0.25) is 10.0 Å². The van der Waals surface area contributed by atoms with Crippen LogP contribution in [0.15, 0.2) is 23.1 Å². The Morgan fingerprint density at radius 2 is 2.11 bits per heavy atom. The van der Waals surface area contributed by atoms with Crippen LogP contribution in [0.4, 0.5) is 0 Å². The van der Waals surface area contributed by atoms with Crippen LogP contribution in [0.5, 0.6) is 0 Å². The van der Waals surface area contributed by atoms with E-state index in [9.17, 15) is 8.42 Å². The molecule has 1 fully saturated rings. The largest absolute Gasteiger partial charge is 0.315 e. The van der Waals surface area contributed by atoms with E-state index in [1.165, 1.54) is 12.1 Å². The van der Waals surface area contributed by atoms with Crippen molar-refractivity contribution in [2.24, 2.45) is 0 Å². The van der Waals surface area contributed by atoms with Crippen LogP contribution in [0.2, 0.25) is 10.0 Å². The third kappa shape index (κ3) is 3.36. The standard InChI is InChI=1S/C11H14Cl2N2O2S/c12-8-3-4-10(13)11(6-8)18(16,17)15-9-2-1-5-14-7-9/h3-4,6,9,14-15H,1-2,5,7H2. The van der Waals surface area contributed by atoms with Gasteiger partial charge in [-0.25, -0.2) is 13.1 Å². The second kappa shape index (κ2) is 5.75. The highest BCUT2D eigenvalue weighted by Crippen LogP contribution is 2.25. The Bertz CT molecular complexity index is 528. The van der Waals surface area contributed by atoms with Crippen LogP contribution in [-0.4, -0.2) is 27.5 Å². The number of benzene rings is 1. The van der Waals surface area contributed by atoms with Crippen LogP contribution < -0.4 is 10.0 Å². The van der Waals surface area contributed by atoms with Crippen LogP contribution in [0.3, 0.4) is 0 Å². The van der Waals surface area contributed by atoms with Crippen LogP contribution in [0.25, 0.3) is 0 Å². The van der Waals surface area contributed by atoms with Crippen LogP contribution >= 0.6 is 23.2 Å². The maximum absolute atomic E-state index is 12.2. The molecule has 1 saturated heterocycles. The maximum atomic E-state index is 12.2. The van der Waals surface area contributed by atoms with E-state index in [4.69, 9.17) is 23.2 Å². The van der Waals surface area contributed by atoms with Gasteiger partial charge >= 0.3 is 0 Å². The van der Waals surface area contributed by atoms with Crippen molar-refractivity contribution < 1.29 is 8.42 Å². The van der Waals surface area contributed by atoms with Gasteiger partial charge in [-0.2, -0.15) is 0 Å². The molecule has 4 nitrogen and oxygen atoms in total. The Hall–Kier alpha value is -0.330. The maximum Gasteiger partial charge on any atom is 0.242 e. The average Bonchev–Trinajstić information content (AvgIpc) is 2.33. The number of nitrogens with one attached hydrogen (secondary N) is 2. The van der Waals surface area contributed by atoms with E-state index < -0.39 is 10.0 Å². The van der Waals surface area contributed by atoms with Gasteiger partial charge in [0, 0.05) is 17.6 Å². The summed E-state index contributed by atoms with van der Waals surface area (Å²) in [7, 11) is -3.62. The van der Waals surface area contributed by atoms with Crippen molar-refractivity contribution in [3.8, 4) is 0 Å². The first-order valence-electron chi connectivity index (χ1n) is 5.67. The van der Waals surface area contributed by atoms with Gasteiger partial charge in [0.1, 0.15) is 4.90 Å². The van der Waals surface area contributed by atoms with Crippen LogP contribution in [-0.2, 0) is 10.0 Å². The fourth-order valence-electron chi connectivity index (χ4n) is 1.92.